The largest absolute Gasteiger partial charge is 0.510 e. The predicted octanol–water partition coefficient (Wildman–Crippen LogP) is 4.17. The molecule has 3 aliphatic rings. The van der Waals surface area contributed by atoms with E-state index >= 15 is 4.39 Å². The monoisotopic (exact) mass is 1330 g/mol. The van der Waals surface area contributed by atoms with E-state index in [0.717, 1.165) is 50.9 Å². The second-order valence-electron chi connectivity index (χ2n) is 21.4. The number of hydrogen-bond donors (Lipinski definition) is 6. The van der Waals surface area contributed by atoms with E-state index in [9.17, 15) is 67.2 Å². The average molecular weight is 1330 g/mol. The van der Waals surface area contributed by atoms with Crippen LogP contribution in [-0.2, 0) is 98.0 Å². The number of ether oxygens (including phenoxy) is 11. The Morgan fingerprint density at radius 1 is 0.685 bits per heavy atom. The van der Waals surface area contributed by atoms with Gasteiger partial charge in [-0.25, -0.2) is 60.0 Å². The lowest BCUT2D eigenvalue weighted by atomic mass is 9.87. The molecule has 1 aromatic rings. The Kier molecular flexibility index (Phi) is 28.3. The number of carbonyl (C=O) groups excluding carboxylic acids is 6. The predicted molar refractivity (Wildman–Crippen MR) is 293 cm³/mol. The summed E-state index contributed by atoms with van der Waals surface area (Å²) in [4.78, 5) is 98.9. The van der Waals surface area contributed by atoms with E-state index in [-0.39, 0.29) is 5.82 Å². The fourth-order valence-corrected chi connectivity index (χ4v) is 10.1. The summed E-state index contributed by atoms with van der Waals surface area (Å²) >= 11 is 0. The maximum atomic E-state index is 15.2. The van der Waals surface area contributed by atoms with Gasteiger partial charge in [0.05, 0.1) is 37.6 Å². The molecule has 0 spiro atoms. The molecule has 39 heteroatoms. The first kappa shape index (κ1) is 77.1. The van der Waals surface area contributed by atoms with Gasteiger partial charge < -0.3 is 83.4 Å². The highest BCUT2D eigenvalue weighted by Gasteiger charge is 2.67. The van der Waals surface area contributed by atoms with Gasteiger partial charge in [0.2, 0.25) is 26.2 Å². The number of aliphatic hydroxyl groups excluding tert-OH is 1. The summed E-state index contributed by atoms with van der Waals surface area (Å²) in [6.07, 6.45) is -14.7. The molecule has 4 heterocycles. The molecule has 3 unspecified atom stereocenters. The van der Waals surface area contributed by atoms with Crippen molar-refractivity contribution in [3.05, 3.63) is 57.8 Å². The summed E-state index contributed by atoms with van der Waals surface area (Å²) < 4.78 is 144. The number of nitrogens with zero attached hydrogens (tertiary/aromatic N) is 2. The first-order chi connectivity index (χ1) is 41.1. The maximum absolute atomic E-state index is 15.2. The number of aliphatic hydroxyl groups is 3. The van der Waals surface area contributed by atoms with Crippen molar-refractivity contribution in [2.24, 2.45) is 11.7 Å². The summed E-state index contributed by atoms with van der Waals surface area (Å²) in [5.74, 6) is -2.12. The minimum Gasteiger partial charge on any atom is -0.455 e. The number of H-pyrrole nitrogens is 1. The van der Waals surface area contributed by atoms with Crippen molar-refractivity contribution >= 4 is 52.1 Å². The van der Waals surface area contributed by atoms with Crippen LogP contribution >= 0.6 is 15.6 Å². The van der Waals surface area contributed by atoms with Gasteiger partial charge in [0, 0.05) is 24.5 Å². The Hall–Kier alpha value is -6.18. The highest BCUT2D eigenvalue weighted by molar-refractivity contribution is 7.48. The smallest absolute Gasteiger partial charge is 0.455 e. The molecule has 4 rings (SSSR count). The first-order valence-corrected chi connectivity index (χ1v) is 29.9. The Balaban J connectivity index is 0.000000468. The van der Waals surface area contributed by atoms with E-state index in [4.69, 9.17) is 75.5 Å². The van der Waals surface area contributed by atoms with E-state index in [1.165, 1.54) is 61.6 Å². The van der Waals surface area contributed by atoms with Crippen molar-refractivity contribution in [2.75, 3.05) is 40.1 Å². The third kappa shape index (κ3) is 22.0. The van der Waals surface area contributed by atoms with Crippen molar-refractivity contribution < 1.29 is 141 Å². The third-order valence-electron chi connectivity index (χ3n) is 11.9. The number of hydrogen-bond acceptors (Lipinski definition) is 32. The lowest BCUT2D eigenvalue weighted by Crippen LogP contribution is -2.58. The zero-order chi connectivity index (χ0) is 67.8. The number of nitrogens with one attached hydrogen (secondary N) is 2. The van der Waals surface area contributed by atoms with Crippen LogP contribution in [0.4, 0.5) is 28.0 Å². The molecule has 1 amide bonds. The van der Waals surface area contributed by atoms with Crippen molar-refractivity contribution in [3.8, 4) is 0 Å². The molecular weight excluding hydrogens is 1250 g/mol. The van der Waals surface area contributed by atoms with E-state index in [1.54, 1.807) is 13.8 Å². The van der Waals surface area contributed by atoms with Gasteiger partial charge in [-0.15, -0.1) is 0 Å². The molecule has 35 nitrogen and oxygen atoms in total. The van der Waals surface area contributed by atoms with Crippen LogP contribution in [0, 0.1) is 5.92 Å². The van der Waals surface area contributed by atoms with Crippen molar-refractivity contribution in [1.29, 1.82) is 0 Å². The molecule has 0 aliphatic carbocycles. The van der Waals surface area contributed by atoms with Gasteiger partial charge >= 0.3 is 51.9 Å². The number of amides is 1. The standard InChI is InChI=1S/C27H43FN3O15P.C23H36FN2O15P/c1-15(2)20(29)21(33)45-22-26(8,36)23(31-10-9-19(32)30-18(31)7)46-27(22,11-28)12-40-47(37,41-13-38-24(34)43-16(3)4)42-14-39-25(35)44-17(5)6;1-12(2)35-20(30)37-14(5)40-42(33,41-15(6)38-21(31)36-13(3)4)34-11-23(10-24)17(28)22(7,32)18(39-23)26-9-8-16(27)25-19(26)29/h9-10,15-17,20,22-23,36H,7,11-14,29H2,1-6,8H3,(H,30,32);8-9,12-15,17-18,28,32H,10-11H2,1-7H3,(H,25,27,29)/t20?,22-,23+,26+,27+;14?,15?,17-,18+,22+,23+,42?/m00/s1. The molecule has 11 atom stereocenters. The van der Waals surface area contributed by atoms with E-state index in [2.05, 4.69) is 21.4 Å². The molecule has 3 aliphatic heterocycles. The fourth-order valence-electron chi connectivity index (χ4n) is 7.76. The maximum Gasteiger partial charge on any atom is 0.510 e. The number of esters is 1. The van der Waals surface area contributed by atoms with Crippen LogP contribution in [-0.4, -0.2) is 190 Å². The first-order valence-electron chi connectivity index (χ1n) is 27.0. The number of rotatable bonds is 29. The normalized spacial score (nSPS) is 26.0. The molecule has 2 fully saturated rings. The number of carbonyl (C=O) groups is 6. The topological polar surface area (TPSA) is 450 Å². The molecular formula is C50H79F2N5O30P2. The van der Waals surface area contributed by atoms with Crippen LogP contribution in [0.15, 0.2) is 46.5 Å². The molecule has 7 N–H and O–H groups in total. The number of alkyl halides is 2. The summed E-state index contributed by atoms with van der Waals surface area (Å²) in [7, 11) is -10.00. The van der Waals surface area contributed by atoms with Crippen molar-refractivity contribution in [2.45, 2.75) is 187 Å². The average Bonchev–Trinajstić information content (AvgIpc) is 1.61. The number of aromatic amines is 1. The van der Waals surface area contributed by atoms with Crippen LogP contribution in [0.5, 0.6) is 0 Å². The Morgan fingerprint density at radius 2 is 1.13 bits per heavy atom. The van der Waals surface area contributed by atoms with Crippen molar-refractivity contribution in [3.63, 3.8) is 0 Å². The molecule has 89 heavy (non-hydrogen) atoms. The van der Waals surface area contributed by atoms with Crippen LogP contribution in [0.2, 0.25) is 0 Å². The minimum atomic E-state index is -5.02. The SMILES string of the molecule is C=C1NC(=O)C=CN1[C@@H]1O[C@](CF)(COP(=O)(OCOC(=O)OC(C)C)OCOC(=O)OC(C)C)[C@@H](OC(=O)C(N)C(C)C)[C@@]1(C)O.CC(C)OC(=O)OC(C)OP(=O)(OC[C@@]1(CF)O[C@@H](n2ccc(=O)[nH]c2=O)[C@](C)(O)[C@@H]1O)OC(C)OC(=O)OC(C)C. The molecule has 0 saturated carbocycles. The van der Waals surface area contributed by atoms with Crippen LogP contribution in [0.25, 0.3) is 0 Å². The highest BCUT2D eigenvalue weighted by Crippen LogP contribution is 2.55. The van der Waals surface area contributed by atoms with Crippen LogP contribution < -0.4 is 22.3 Å². The van der Waals surface area contributed by atoms with Gasteiger partial charge in [0.15, 0.2) is 29.8 Å². The van der Waals surface area contributed by atoms with Gasteiger partial charge in [-0.1, -0.05) is 20.4 Å². The lowest BCUT2D eigenvalue weighted by Gasteiger charge is -2.38. The van der Waals surface area contributed by atoms with Gasteiger partial charge in [0.1, 0.15) is 42.5 Å². The Bertz CT molecular complexity index is 2790. The number of phosphoric ester groups is 2. The van der Waals surface area contributed by atoms with E-state index in [1.807, 2.05) is 4.98 Å². The highest BCUT2D eigenvalue weighted by atomic mass is 31.2. The summed E-state index contributed by atoms with van der Waals surface area (Å²) in [5, 5.41) is 36.0. The lowest BCUT2D eigenvalue weighted by molar-refractivity contribution is -0.178. The molecule has 1 aromatic heterocycles. The summed E-state index contributed by atoms with van der Waals surface area (Å²) in [6.45, 7) is 16.1. The van der Waals surface area contributed by atoms with Crippen molar-refractivity contribution in [1.82, 2.24) is 19.8 Å². The molecule has 0 bridgehead atoms. The van der Waals surface area contributed by atoms with Gasteiger partial charge in [-0.05, 0) is 89.0 Å². The molecule has 2 saturated heterocycles. The zero-order valence-electron chi connectivity index (χ0n) is 51.2. The fraction of sp³-hybridized carbons (Fsp3) is 0.720. The Labute approximate surface area is 508 Å². The number of nitrogens with two attached hydrogens (primary N) is 1. The number of halogens is 2. The number of aromatic nitrogens is 2. The van der Waals surface area contributed by atoms with E-state index in [0.29, 0.717) is 4.57 Å². The number of phosphoric acid groups is 2. The van der Waals surface area contributed by atoms with Crippen LogP contribution in [0.1, 0.15) is 103 Å². The van der Waals surface area contributed by atoms with Crippen LogP contribution in [0.3, 0.4) is 0 Å². The minimum absolute atomic E-state index is 0.0875. The third-order valence-corrected chi connectivity index (χ3v) is 14.7. The Morgan fingerprint density at radius 3 is 1.57 bits per heavy atom. The quantitative estimate of drug-likeness (QED) is 0.0284. The van der Waals surface area contributed by atoms with E-state index < -0.39 is 200 Å². The summed E-state index contributed by atoms with van der Waals surface area (Å²) in [6, 6.07) is -0.290. The second-order valence-corrected chi connectivity index (χ2v) is 24.7. The van der Waals surface area contributed by atoms with Gasteiger partial charge in [-0.2, -0.15) is 0 Å². The summed E-state index contributed by atoms with van der Waals surface area (Å²) in [5.41, 5.74) is -5.47. The molecule has 0 aromatic carbocycles. The van der Waals surface area contributed by atoms with Gasteiger partial charge in [-0.3, -0.25) is 33.0 Å². The second kappa shape index (κ2) is 32.7. The van der Waals surface area contributed by atoms with Gasteiger partial charge in [0.25, 0.3) is 11.5 Å². The zero-order valence-corrected chi connectivity index (χ0v) is 53.0. The molecule has 0 radical (unpaired) electrons. The molecule has 508 valence electrons.